The van der Waals surface area contributed by atoms with E-state index in [1.165, 1.54) is 37.1 Å². The first-order valence-electron chi connectivity index (χ1n) is 12.0. The molecule has 5 rings (SSSR count). The first kappa shape index (κ1) is 23.1. The van der Waals surface area contributed by atoms with Crippen molar-refractivity contribution in [3.8, 4) is 0 Å². The van der Waals surface area contributed by atoms with Gasteiger partial charge in [0.15, 0.2) is 5.11 Å². The van der Waals surface area contributed by atoms with Crippen molar-refractivity contribution in [3.63, 3.8) is 0 Å². The van der Waals surface area contributed by atoms with Gasteiger partial charge in [-0.05, 0) is 61.5 Å². The summed E-state index contributed by atoms with van der Waals surface area (Å²) in [5, 5.41) is 7.14. The quantitative estimate of drug-likeness (QED) is 0.222. The highest BCUT2D eigenvalue weighted by atomic mass is 32.1. The van der Waals surface area contributed by atoms with Crippen molar-refractivity contribution in [2.75, 3.05) is 27.8 Å². The van der Waals surface area contributed by atoms with Crippen LogP contribution in [-0.4, -0.2) is 30.3 Å². The minimum Gasteiger partial charge on any atom is -0.360 e. The highest BCUT2D eigenvalue weighted by molar-refractivity contribution is 7.80. The number of benzene rings is 3. The fraction of sp³-hybridized carbons (Fsp3) is 0.296. The van der Waals surface area contributed by atoms with Crippen LogP contribution in [-0.2, 0) is 4.52 Å². The molecule has 0 unspecified atom stereocenters. The summed E-state index contributed by atoms with van der Waals surface area (Å²) in [6.07, 6.45) is 4.96. The van der Waals surface area contributed by atoms with Gasteiger partial charge in [0.1, 0.15) is 0 Å². The van der Waals surface area contributed by atoms with Gasteiger partial charge >= 0.3 is 0 Å². The molecule has 0 radical (unpaired) electrons. The fourth-order valence-corrected chi connectivity index (χ4v) is 7.51. The van der Waals surface area contributed by atoms with Crippen LogP contribution in [0.2, 0.25) is 0 Å². The molecule has 1 aliphatic heterocycles. The third-order valence-corrected chi connectivity index (χ3v) is 8.81. The zero-order valence-electron chi connectivity index (χ0n) is 19.2. The van der Waals surface area contributed by atoms with E-state index in [0.717, 1.165) is 5.69 Å². The smallest absolute Gasteiger partial charge is 0.249 e. The Hall–Kier alpha value is -2.66. The molecule has 2 atom stereocenters. The van der Waals surface area contributed by atoms with Gasteiger partial charge in [0, 0.05) is 23.6 Å². The van der Waals surface area contributed by atoms with Crippen molar-refractivity contribution >= 4 is 42.8 Å². The van der Waals surface area contributed by atoms with Crippen LogP contribution < -0.4 is 20.0 Å². The Labute approximate surface area is 209 Å². The normalized spacial score (nSPS) is 20.1. The van der Waals surface area contributed by atoms with E-state index in [9.17, 15) is 0 Å². The SMILES string of the molecule is S=C(NCCOP1N(c2ccccc2)[C@@H]2CCCC[C@H]2N1c1ccccc1)Nc1ccccc1. The molecule has 1 aliphatic carbocycles. The summed E-state index contributed by atoms with van der Waals surface area (Å²) in [7, 11) is -0.991. The van der Waals surface area contributed by atoms with Gasteiger partial charge < -0.3 is 24.5 Å². The van der Waals surface area contributed by atoms with Gasteiger partial charge in [-0.1, -0.05) is 67.4 Å². The molecule has 0 spiro atoms. The molecule has 0 bridgehead atoms. The minimum atomic E-state index is -0.991. The Morgan fingerprint density at radius 3 is 1.82 bits per heavy atom. The molecular formula is C27H31N4OPS. The standard InChI is InChI=1S/C27H31N4OPS/c34-27(29-22-12-4-1-5-13-22)28-20-21-32-33-30(23-14-6-2-7-15-23)25-18-10-11-19-26(25)31(33)24-16-8-3-9-17-24/h1-9,12-17,25-26H,10-11,18-21H2,(H2,28,29,34)/t25-,26-/m1/s1. The highest BCUT2D eigenvalue weighted by Gasteiger charge is 2.49. The molecular weight excluding hydrogens is 459 g/mol. The summed E-state index contributed by atoms with van der Waals surface area (Å²) in [6, 6.07) is 32.5. The molecule has 34 heavy (non-hydrogen) atoms. The molecule has 1 saturated carbocycles. The molecule has 2 fully saturated rings. The van der Waals surface area contributed by atoms with Crippen LogP contribution in [0.4, 0.5) is 17.1 Å². The molecule has 176 valence electrons. The van der Waals surface area contributed by atoms with E-state index in [2.05, 4.69) is 80.6 Å². The first-order valence-corrected chi connectivity index (χ1v) is 13.6. The Kier molecular flexibility index (Phi) is 7.59. The molecule has 3 aromatic carbocycles. The summed E-state index contributed by atoms with van der Waals surface area (Å²) in [5.74, 6) is 0. The maximum absolute atomic E-state index is 6.70. The molecule has 5 nitrogen and oxygen atoms in total. The molecule has 2 N–H and O–H groups in total. The fourth-order valence-electron chi connectivity index (χ4n) is 4.87. The number of nitrogens with zero attached hydrogens (tertiary/aromatic N) is 2. The van der Waals surface area contributed by atoms with Crippen LogP contribution >= 0.6 is 20.7 Å². The second kappa shape index (κ2) is 11.2. The van der Waals surface area contributed by atoms with Crippen LogP contribution in [0.5, 0.6) is 0 Å². The molecule has 1 heterocycles. The number of nitrogens with one attached hydrogen (secondary N) is 2. The number of rotatable bonds is 7. The van der Waals surface area contributed by atoms with E-state index in [0.29, 0.717) is 30.3 Å². The third kappa shape index (κ3) is 5.20. The van der Waals surface area contributed by atoms with Gasteiger partial charge in [-0.25, -0.2) is 0 Å². The molecule has 1 saturated heterocycles. The monoisotopic (exact) mass is 490 g/mol. The predicted octanol–water partition coefficient (Wildman–Crippen LogP) is 6.55. The number of thiocarbonyl (C=S) groups is 1. The van der Waals surface area contributed by atoms with E-state index >= 15 is 0 Å². The maximum atomic E-state index is 6.70. The Morgan fingerprint density at radius 2 is 1.29 bits per heavy atom. The lowest BCUT2D eigenvalue weighted by Gasteiger charge is -2.32. The van der Waals surface area contributed by atoms with Gasteiger partial charge in [0.25, 0.3) is 0 Å². The van der Waals surface area contributed by atoms with Gasteiger partial charge in [-0.2, -0.15) is 0 Å². The van der Waals surface area contributed by atoms with E-state index in [-0.39, 0.29) is 0 Å². The van der Waals surface area contributed by atoms with Crippen molar-refractivity contribution in [2.24, 2.45) is 0 Å². The lowest BCUT2D eigenvalue weighted by atomic mass is 9.90. The van der Waals surface area contributed by atoms with Crippen molar-refractivity contribution in [3.05, 3.63) is 91.0 Å². The van der Waals surface area contributed by atoms with Gasteiger partial charge in [0.05, 0.1) is 18.7 Å². The topological polar surface area (TPSA) is 39.8 Å². The predicted molar refractivity (Wildman–Crippen MR) is 147 cm³/mol. The summed E-state index contributed by atoms with van der Waals surface area (Å²) in [5.41, 5.74) is 3.48. The highest BCUT2D eigenvalue weighted by Crippen LogP contribution is 2.60. The lowest BCUT2D eigenvalue weighted by molar-refractivity contribution is 0.356. The Morgan fingerprint density at radius 1 is 0.794 bits per heavy atom. The lowest BCUT2D eigenvalue weighted by Crippen LogP contribution is -2.40. The first-order chi connectivity index (χ1) is 16.8. The van der Waals surface area contributed by atoms with Crippen LogP contribution in [0.25, 0.3) is 0 Å². The van der Waals surface area contributed by atoms with Gasteiger partial charge in [-0.3, -0.25) is 0 Å². The van der Waals surface area contributed by atoms with Crippen LogP contribution in [0.1, 0.15) is 25.7 Å². The second-order valence-corrected chi connectivity index (χ2v) is 10.6. The van der Waals surface area contributed by atoms with Crippen LogP contribution in [0.15, 0.2) is 91.0 Å². The zero-order valence-corrected chi connectivity index (χ0v) is 20.9. The van der Waals surface area contributed by atoms with Crippen LogP contribution in [0.3, 0.4) is 0 Å². The van der Waals surface area contributed by atoms with E-state index in [1.807, 2.05) is 30.3 Å². The largest absolute Gasteiger partial charge is 0.360 e. The summed E-state index contributed by atoms with van der Waals surface area (Å²) >= 11 is 5.47. The van der Waals surface area contributed by atoms with E-state index in [4.69, 9.17) is 16.7 Å². The van der Waals surface area contributed by atoms with E-state index in [1.54, 1.807) is 0 Å². The zero-order chi connectivity index (χ0) is 23.2. The van der Waals surface area contributed by atoms with E-state index < -0.39 is 8.45 Å². The number of anilines is 3. The molecule has 2 aliphatic rings. The van der Waals surface area contributed by atoms with Gasteiger partial charge in [-0.15, -0.1) is 0 Å². The van der Waals surface area contributed by atoms with Crippen molar-refractivity contribution < 1.29 is 4.52 Å². The second-order valence-electron chi connectivity index (χ2n) is 8.61. The average Bonchev–Trinajstić information content (AvgIpc) is 3.22. The van der Waals surface area contributed by atoms with Crippen molar-refractivity contribution in [2.45, 2.75) is 37.8 Å². The summed E-state index contributed by atoms with van der Waals surface area (Å²) in [4.78, 5) is 0. The molecule has 7 heteroatoms. The number of hydrogen-bond acceptors (Lipinski definition) is 4. The third-order valence-electron chi connectivity index (χ3n) is 6.36. The van der Waals surface area contributed by atoms with Gasteiger partial charge in [0.2, 0.25) is 8.45 Å². The van der Waals surface area contributed by atoms with Crippen molar-refractivity contribution in [1.29, 1.82) is 0 Å². The van der Waals surface area contributed by atoms with Crippen molar-refractivity contribution in [1.82, 2.24) is 5.32 Å². The minimum absolute atomic E-state index is 0.469. The van der Waals surface area contributed by atoms with Crippen LogP contribution in [0, 0.1) is 0 Å². The Balaban J connectivity index is 1.31. The molecule has 0 amide bonds. The maximum Gasteiger partial charge on any atom is 0.249 e. The molecule has 3 aromatic rings. The average molecular weight is 491 g/mol. The number of para-hydroxylation sites is 3. The summed E-state index contributed by atoms with van der Waals surface area (Å²) in [6.45, 7) is 1.23. The Bertz CT molecular complexity index is 1000. The number of fused-ring (bicyclic) bond motifs is 1. The summed E-state index contributed by atoms with van der Waals surface area (Å²) < 4.78 is 11.8. The molecule has 0 aromatic heterocycles. The number of hydrogen-bond donors (Lipinski definition) is 2.